The van der Waals surface area contributed by atoms with Crippen LogP contribution in [0.3, 0.4) is 0 Å². The number of halogens is 1. The van der Waals surface area contributed by atoms with Crippen molar-refractivity contribution in [1.82, 2.24) is 0 Å². The van der Waals surface area contributed by atoms with E-state index in [0.717, 1.165) is 37.6 Å². The van der Waals surface area contributed by atoms with Crippen LogP contribution in [0, 0.1) is 5.41 Å². The van der Waals surface area contributed by atoms with Gasteiger partial charge in [0.1, 0.15) is 34.5 Å². The Bertz CT molecular complexity index is 1160. The van der Waals surface area contributed by atoms with Gasteiger partial charge in [0.15, 0.2) is 0 Å². The summed E-state index contributed by atoms with van der Waals surface area (Å²) in [6, 6.07) is 8.34. The molecule has 0 bridgehead atoms. The van der Waals surface area contributed by atoms with Crippen LogP contribution in [0.5, 0.6) is 5.75 Å². The molecule has 4 atom stereocenters. The van der Waals surface area contributed by atoms with Crippen molar-refractivity contribution in [2.45, 2.75) is 103 Å². The molecular weight excluding hydrogens is 503 g/mol. The zero-order chi connectivity index (χ0) is 29.2. The van der Waals surface area contributed by atoms with Crippen LogP contribution in [0.4, 0.5) is 4.39 Å². The van der Waals surface area contributed by atoms with E-state index in [1.807, 2.05) is 37.3 Å². The second-order valence-electron chi connectivity index (χ2n) is 13.2. The van der Waals surface area contributed by atoms with Crippen molar-refractivity contribution in [2.24, 2.45) is 5.41 Å². The van der Waals surface area contributed by atoms with E-state index >= 15 is 0 Å². The summed E-state index contributed by atoms with van der Waals surface area (Å²) in [4.78, 5) is 0. The van der Waals surface area contributed by atoms with E-state index in [1.165, 1.54) is 11.1 Å². The molecule has 1 aliphatic carbocycles. The van der Waals surface area contributed by atoms with Gasteiger partial charge in [-0.3, -0.25) is 0 Å². The number of hydrogen-bond donors (Lipinski definition) is 0. The predicted octanol–water partition coefficient (Wildman–Crippen LogP) is 8.57. The molecule has 1 aromatic rings. The fourth-order valence-corrected chi connectivity index (χ4v) is 5.15. The molecule has 2 fully saturated rings. The predicted molar refractivity (Wildman–Crippen MR) is 160 cm³/mol. The van der Waals surface area contributed by atoms with E-state index in [0.29, 0.717) is 6.42 Å². The van der Waals surface area contributed by atoms with Crippen LogP contribution in [0.1, 0.15) is 79.2 Å². The van der Waals surface area contributed by atoms with E-state index in [9.17, 15) is 4.39 Å². The molecule has 2 saturated heterocycles. The lowest BCUT2D eigenvalue weighted by molar-refractivity contribution is 0.0278. The van der Waals surface area contributed by atoms with E-state index < -0.39 is 11.1 Å². The molecule has 3 aliphatic rings. The van der Waals surface area contributed by atoms with E-state index in [-0.39, 0.29) is 29.3 Å². The molecule has 0 amide bonds. The van der Waals surface area contributed by atoms with Crippen molar-refractivity contribution in [3.8, 4) is 5.75 Å². The van der Waals surface area contributed by atoms with E-state index in [2.05, 4.69) is 64.6 Å². The van der Waals surface area contributed by atoms with Gasteiger partial charge in [-0.2, -0.15) is 0 Å². The van der Waals surface area contributed by atoms with Gasteiger partial charge >= 0.3 is 0 Å². The number of alkyl halides is 1. The second kappa shape index (κ2) is 11.7. The molecule has 2 heterocycles. The normalized spacial score (nSPS) is 25.9. The van der Waals surface area contributed by atoms with Crippen LogP contribution in [-0.2, 0) is 14.2 Å². The standard InChI is InChI=1S/C35H47FO4/c1-9-11-27(39-32(2,3)22-29-23-37-29)12-10-13-30(26-18-20-35(8,21-19-26)34(6,7)36)25-14-16-28(17-15-25)40-33(4,5)31-24-38-31/h9-12,14-20,29-31H,1,13,21-24H2,2-8H3/b12-10-,27-11+. The first kappa shape index (κ1) is 30.3. The number of rotatable bonds is 14. The molecular formula is C35H47FO4. The maximum Gasteiger partial charge on any atom is 0.132 e. The Morgan fingerprint density at radius 1 is 1.12 bits per heavy atom. The van der Waals surface area contributed by atoms with Gasteiger partial charge in [0, 0.05) is 17.8 Å². The summed E-state index contributed by atoms with van der Waals surface area (Å²) in [5.74, 6) is 1.70. The highest BCUT2D eigenvalue weighted by Crippen LogP contribution is 2.44. The third kappa shape index (κ3) is 7.98. The average molecular weight is 551 g/mol. The Labute approximate surface area is 240 Å². The summed E-state index contributed by atoms with van der Waals surface area (Å²) in [6.45, 7) is 19.0. The summed E-state index contributed by atoms with van der Waals surface area (Å²) in [6.07, 6.45) is 16.9. The molecule has 5 heteroatoms. The number of benzene rings is 1. The van der Waals surface area contributed by atoms with E-state index in [4.69, 9.17) is 18.9 Å². The smallest absolute Gasteiger partial charge is 0.132 e. The first-order valence-electron chi connectivity index (χ1n) is 14.5. The zero-order valence-electron chi connectivity index (χ0n) is 25.3. The first-order valence-corrected chi connectivity index (χ1v) is 14.5. The van der Waals surface area contributed by atoms with E-state index in [1.54, 1.807) is 19.9 Å². The molecule has 2 aliphatic heterocycles. The van der Waals surface area contributed by atoms with Gasteiger partial charge in [0.2, 0.25) is 0 Å². The highest BCUT2D eigenvalue weighted by molar-refractivity contribution is 5.41. The molecule has 0 spiro atoms. The Kier molecular flexibility index (Phi) is 8.87. The Morgan fingerprint density at radius 3 is 2.33 bits per heavy atom. The summed E-state index contributed by atoms with van der Waals surface area (Å²) < 4.78 is 38.4. The molecule has 218 valence electrons. The van der Waals surface area contributed by atoms with Gasteiger partial charge in [-0.15, -0.1) is 0 Å². The topological polar surface area (TPSA) is 43.5 Å². The molecule has 4 nitrogen and oxygen atoms in total. The van der Waals surface area contributed by atoms with Crippen LogP contribution in [0.25, 0.3) is 0 Å². The van der Waals surface area contributed by atoms with Crippen LogP contribution in [0.15, 0.2) is 84.7 Å². The molecule has 4 unspecified atom stereocenters. The molecule has 0 aromatic heterocycles. The van der Waals surface area contributed by atoms with Crippen molar-refractivity contribution in [3.63, 3.8) is 0 Å². The van der Waals surface area contributed by atoms with Crippen LogP contribution in [-0.4, -0.2) is 42.3 Å². The van der Waals surface area contributed by atoms with Gasteiger partial charge < -0.3 is 18.9 Å². The number of hydrogen-bond acceptors (Lipinski definition) is 4. The minimum absolute atomic E-state index is 0.103. The monoisotopic (exact) mass is 550 g/mol. The largest absolute Gasteiger partial charge is 0.488 e. The van der Waals surface area contributed by atoms with Gasteiger partial charge in [0.05, 0.1) is 19.3 Å². The number of epoxide rings is 2. The SMILES string of the molecule is C=C/C=C(\C=C/CC(C1=CCC(C)(C(C)(C)F)C=C1)c1ccc(OC(C)(C)C2CO2)cc1)OC(C)(C)CC1CO1. The highest BCUT2D eigenvalue weighted by atomic mass is 19.1. The van der Waals surface area contributed by atoms with Crippen molar-refractivity contribution in [2.75, 3.05) is 13.2 Å². The fraction of sp³-hybridized carbons (Fsp3) is 0.543. The summed E-state index contributed by atoms with van der Waals surface area (Å²) >= 11 is 0. The molecule has 4 rings (SSSR count). The van der Waals surface area contributed by atoms with Crippen molar-refractivity contribution in [1.29, 1.82) is 0 Å². The first-order chi connectivity index (χ1) is 18.7. The lowest BCUT2D eigenvalue weighted by Crippen LogP contribution is -2.36. The molecule has 0 N–H and O–H groups in total. The summed E-state index contributed by atoms with van der Waals surface area (Å²) in [5.41, 5.74) is -0.179. The maximum atomic E-state index is 15.0. The fourth-order valence-electron chi connectivity index (χ4n) is 5.15. The minimum Gasteiger partial charge on any atom is -0.488 e. The van der Waals surface area contributed by atoms with Crippen molar-refractivity contribution < 1.29 is 23.3 Å². The highest BCUT2D eigenvalue weighted by Gasteiger charge is 2.42. The average Bonchev–Trinajstić information content (AvgIpc) is 3.77. The maximum absolute atomic E-state index is 15.0. The molecule has 0 radical (unpaired) electrons. The van der Waals surface area contributed by atoms with Gasteiger partial charge in [0.25, 0.3) is 0 Å². The second-order valence-corrected chi connectivity index (χ2v) is 13.2. The Morgan fingerprint density at radius 2 is 1.80 bits per heavy atom. The molecule has 0 saturated carbocycles. The summed E-state index contributed by atoms with van der Waals surface area (Å²) in [5, 5.41) is 0. The zero-order valence-corrected chi connectivity index (χ0v) is 25.3. The Balaban J connectivity index is 1.53. The van der Waals surface area contributed by atoms with Gasteiger partial charge in [-0.25, -0.2) is 4.39 Å². The Hall–Kier alpha value is -2.63. The molecule has 1 aromatic carbocycles. The lowest BCUT2D eigenvalue weighted by atomic mass is 9.70. The number of ether oxygens (including phenoxy) is 4. The van der Waals surface area contributed by atoms with Crippen LogP contribution >= 0.6 is 0 Å². The minimum atomic E-state index is -1.31. The summed E-state index contributed by atoms with van der Waals surface area (Å²) in [7, 11) is 0. The van der Waals surface area contributed by atoms with Crippen molar-refractivity contribution >= 4 is 0 Å². The van der Waals surface area contributed by atoms with Crippen molar-refractivity contribution in [3.05, 3.63) is 90.3 Å². The third-order valence-corrected chi connectivity index (χ3v) is 8.39. The lowest BCUT2D eigenvalue weighted by Gasteiger charge is -2.38. The van der Waals surface area contributed by atoms with Gasteiger partial charge in [-0.05, 0) is 89.8 Å². The van der Waals surface area contributed by atoms with Crippen LogP contribution < -0.4 is 4.74 Å². The van der Waals surface area contributed by atoms with Gasteiger partial charge in [-0.1, -0.05) is 56.0 Å². The quantitative estimate of drug-likeness (QED) is 0.132. The van der Waals surface area contributed by atoms with Crippen LogP contribution in [0.2, 0.25) is 0 Å². The number of allylic oxidation sites excluding steroid dienone is 8. The third-order valence-electron chi connectivity index (χ3n) is 8.39. The molecule has 40 heavy (non-hydrogen) atoms.